The molecule has 0 spiro atoms. The van der Waals surface area contributed by atoms with Crippen molar-refractivity contribution in [3.8, 4) is 0 Å². The molecule has 0 aliphatic carbocycles. The molecule has 1 unspecified atom stereocenters. The Morgan fingerprint density at radius 1 is 1.04 bits per heavy atom. The summed E-state index contributed by atoms with van der Waals surface area (Å²) in [4.78, 5) is 13.1. The predicted molar refractivity (Wildman–Crippen MR) is 111 cm³/mol. The highest BCUT2D eigenvalue weighted by Crippen LogP contribution is 2.26. The molecule has 1 N–H and O–H groups in total. The number of rotatable bonds is 4. The zero-order valence-corrected chi connectivity index (χ0v) is 16.0. The minimum absolute atomic E-state index is 0.123. The van der Waals surface area contributed by atoms with E-state index in [1.165, 1.54) is 10.8 Å². The van der Waals surface area contributed by atoms with Gasteiger partial charge in [0.15, 0.2) is 0 Å². The molecule has 4 nitrogen and oxygen atoms in total. The fourth-order valence-electron chi connectivity index (χ4n) is 3.43. The minimum Gasteiger partial charge on any atom is -0.355 e. The molecule has 1 heterocycles. The van der Waals surface area contributed by atoms with Gasteiger partial charge in [0.1, 0.15) is 0 Å². The van der Waals surface area contributed by atoms with E-state index >= 15 is 0 Å². The zero-order valence-electron chi connectivity index (χ0n) is 15.2. The van der Waals surface area contributed by atoms with Gasteiger partial charge in [-0.05, 0) is 34.5 Å². The second-order valence-corrected chi connectivity index (χ2v) is 7.94. The summed E-state index contributed by atoms with van der Waals surface area (Å²) < 4.78 is 14.0. The van der Waals surface area contributed by atoms with Crippen LogP contribution in [0.15, 0.2) is 71.8 Å². The van der Waals surface area contributed by atoms with Crippen LogP contribution >= 0.6 is 0 Å². The van der Waals surface area contributed by atoms with Gasteiger partial charge in [-0.1, -0.05) is 42.5 Å². The lowest BCUT2D eigenvalue weighted by Gasteiger charge is -2.08. The lowest BCUT2D eigenvalue weighted by molar-refractivity contribution is 0.0964. The fraction of sp³-hybridized carbons (Fsp3) is 0.136. The zero-order chi connectivity index (χ0) is 19.0. The smallest absolute Gasteiger partial charge is 0.253 e. The Morgan fingerprint density at radius 3 is 2.56 bits per heavy atom. The Morgan fingerprint density at radius 2 is 1.81 bits per heavy atom. The molecule has 136 valence electrons. The molecule has 0 aliphatic rings. The summed E-state index contributed by atoms with van der Waals surface area (Å²) in [5, 5.41) is 5.96. The molecule has 3 aromatic carbocycles. The Balaban J connectivity index is 1.84. The van der Waals surface area contributed by atoms with E-state index < -0.39 is 10.8 Å². The van der Waals surface area contributed by atoms with Gasteiger partial charge in [-0.3, -0.25) is 9.00 Å². The number of carbonyl (C=O) groups excluding carboxylic acids is 1. The molecular weight excluding hydrogens is 356 g/mol. The van der Waals surface area contributed by atoms with E-state index in [9.17, 15) is 9.00 Å². The van der Waals surface area contributed by atoms with Crippen LogP contribution in [0.2, 0.25) is 0 Å². The van der Waals surface area contributed by atoms with Gasteiger partial charge in [0.2, 0.25) is 0 Å². The van der Waals surface area contributed by atoms with E-state index in [1.807, 2.05) is 36.5 Å². The maximum Gasteiger partial charge on any atom is 0.253 e. The lowest BCUT2D eigenvalue weighted by Crippen LogP contribution is -2.17. The van der Waals surface area contributed by atoms with Gasteiger partial charge < -0.3 is 9.88 Å². The number of carbonyl (C=O) groups is 1. The van der Waals surface area contributed by atoms with Crippen molar-refractivity contribution >= 4 is 38.4 Å². The number of aromatic nitrogens is 1. The summed E-state index contributed by atoms with van der Waals surface area (Å²) in [6.45, 7) is 0.637. The summed E-state index contributed by atoms with van der Waals surface area (Å²) in [6, 6.07) is 20.3. The first-order chi connectivity index (χ1) is 13.1. The minimum atomic E-state index is -1.08. The van der Waals surface area contributed by atoms with Gasteiger partial charge in [0.05, 0.1) is 11.1 Å². The Hall–Kier alpha value is -2.92. The highest BCUT2D eigenvalue weighted by molar-refractivity contribution is 7.84. The average molecular weight is 376 g/mol. The van der Waals surface area contributed by atoms with Gasteiger partial charge in [0.25, 0.3) is 5.91 Å². The molecule has 4 aromatic rings. The molecule has 1 aromatic heterocycles. The van der Waals surface area contributed by atoms with Gasteiger partial charge in [-0.15, -0.1) is 0 Å². The second-order valence-electron chi connectivity index (χ2n) is 6.56. The van der Waals surface area contributed by atoms with Crippen molar-refractivity contribution in [2.75, 3.05) is 13.3 Å². The van der Waals surface area contributed by atoms with Crippen LogP contribution in [0.1, 0.15) is 15.9 Å². The van der Waals surface area contributed by atoms with E-state index in [2.05, 4.69) is 40.2 Å². The van der Waals surface area contributed by atoms with Crippen molar-refractivity contribution in [2.45, 2.75) is 11.4 Å². The third-order valence-electron chi connectivity index (χ3n) is 4.82. The molecule has 27 heavy (non-hydrogen) atoms. The highest BCUT2D eigenvalue weighted by atomic mass is 32.2. The standard InChI is InChI=1S/C22H20N2O2S/c1-23-22(25)20-14-24(21-12-18(27(2)26)9-10-19(20)21)13-15-7-8-16-5-3-4-6-17(16)11-15/h3-12,14H,13H2,1-2H3,(H,23,25). The first-order valence-electron chi connectivity index (χ1n) is 8.73. The number of benzene rings is 3. The molecule has 0 radical (unpaired) electrons. The number of nitrogens with zero attached hydrogens (tertiary/aromatic N) is 1. The average Bonchev–Trinajstić information content (AvgIpc) is 3.05. The third kappa shape index (κ3) is 3.26. The summed E-state index contributed by atoms with van der Waals surface area (Å²) in [5.41, 5.74) is 2.69. The lowest BCUT2D eigenvalue weighted by atomic mass is 10.1. The van der Waals surface area contributed by atoms with Crippen LogP contribution in [0.4, 0.5) is 0 Å². The monoisotopic (exact) mass is 376 g/mol. The van der Waals surface area contributed by atoms with Crippen molar-refractivity contribution in [2.24, 2.45) is 0 Å². The van der Waals surface area contributed by atoms with E-state index in [0.717, 1.165) is 21.4 Å². The van der Waals surface area contributed by atoms with Crippen LogP contribution in [0.25, 0.3) is 21.7 Å². The molecule has 0 saturated carbocycles. The van der Waals surface area contributed by atoms with Crippen molar-refractivity contribution in [1.82, 2.24) is 9.88 Å². The summed E-state index contributed by atoms with van der Waals surface area (Å²) in [7, 11) is 0.554. The molecule has 1 amide bonds. The fourth-order valence-corrected chi connectivity index (χ4v) is 3.97. The number of amides is 1. The number of nitrogens with one attached hydrogen (secondary N) is 1. The summed E-state index contributed by atoms with van der Waals surface area (Å²) in [6.07, 6.45) is 3.54. The van der Waals surface area contributed by atoms with Crippen LogP contribution in [0.5, 0.6) is 0 Å². The highest BCUT2D eigenvalue weighted by Gasteiger charge is 2.15. The maximum atomic E-state index is 12.3. The van der Waals surface area contributed by atoms with E-state index in [4.69, 9.17) is 0 Å². The first-order valence-corrected chi connectivity index (χ1v) is 10.3. The quantitative estimate of drug-likeness (QED) is 0.586. The molecule has 4 rings (SSSR count). The van der Waals surface area contributed by atoms with E-state index in [-0.39, 0.29) is 5.91 Å². The number of fused-ring (bicyclic) bond motifs is 2. The molecule has 0 fully saturated rings. The SMILES string of the molecule is CNC(=O)c1cn(Cc2ccc3ccccc3c2)c2cc(S(C)=O)ccc12. The van der Waals surface area contributed by atoms with Crippen LogP contribution in [0, 0.1) is 0 Å². The normalized spacial score (nSPS) is 12.4. The van der Waals surface area contributed by atoms with E-state index in [0.29, 0.717) is 12.1 Å². The van der Waals surface area contributed by atoms with E-state index in [1.54, 1.807) is 13.3 Å². The van der Waals surface area contributed by atoms with Gasteiger partial charge >= 0.3 is 0 Å². The molecule has 5 heteroatoms. The summed E-state index contributed by atoms with van der Waals surface area (Å²) in [5.74, 6) is -0.123. The molecule has 0 aliphatic heterocycles. The summed E-state index contributed by atoms with van der Waals surface area (Å²) >= 11 is 0. The van der Waals surface area contributed by atoms with Gasteiger partial charge in [0, 0.05) is 47.1 Å². The molecular formula is C22H20N2O2S. The largest absolute Gasteiger partial charge is 0.355 e. The van der Waals surface area contributed by atoms with Gasteiger partial charge in [-0.2, -0.15) is 0 Å². The van der Waals surface area contributed by atoms with Gasteiger partial charge in [-0.25, -0.2) is 0 Å². The Labute approximate surface area is 160 Å². The van der Waals surface area contributed by atoms with Crippen molar-refractivity contribution in [1.29, 1.82) is 0 Å². The van der Waals surface area contributed by atoms with Crippen LogP contribution in [-0.2, 0) is 17.3 Å². The van der Waals surface area contributed by atoms with Crippen LogP contribution < -0.4 is 5.32 Å². The van der Waals surface area contributed by atoms with Crippen LogP contribution in [-0.4, -0.2) is 28.0 Å². The first kappa shape index (κ1) is 17.5. The predicted octanol–water partition coefficient (Wildman–Crippen LogP) is 3.94. The maximum absolute atomic E-state index is 12.3. The Bertz CT molecular complexity index is 1190. The third-order valence-corrected chi connectivity index (χ3v) is 5.74. The second kappa shape index (κ2) is 7.00. The number of hydrogen-bond donors (Lipinski definition) is 1. The van der Waals surface area contributed by atoms with Crippen molar-refractivity contribution < 1.29 is 9.00 Å². The van der Waals surface area contributed by atoms with Crippen molar-refractivity contribution in [3.63, 3.8) is 0 Å². The Kier molecular flexibility index (Phi) is 4.54. The molecule has 0 bridgehead atoms. The topological polar surface area (TPSA) is 51.1 Å². The number of hydrogen-bond acceptors (Lipinski definition) is 2. The van der Waals surface area contributed by atoms with Crippen LogP contribution in [0.3, 0.4) is 0 Å². The van der Waals surface area contributed by atoms with Crippen molar-refractivity contribution in [3.05, 3.63) is 78.0 Å². The molecule has 1 atom stereocenters. The molecule has 0 saturated heterocycles.